The molecule has 10 nitrogen and oxygen atoms in total. The lowest BCUT2D eigenvalue weighted by molar-refractivity contribution is 0.541. The maximum atomic E-state index is 10.2. The Labute approximate surface area is 119 Å². The smallest absolute Gasteiger partial charge is 0.259 e. The summed E-state index contributed by atoms with van der Waals surface area (Å²) in [5.74, 6) is 0. The van der Waals surface area contributed by atoms with Crippen molar-refractivity contribution in [2.75, 3.05) is 0 Å². The van der Waals surface area contributed by atoms with Crippen LogP contribution in [0.4, 0.5) is 0 Å². The first-order chi connectivity index (χ1) is 9.51. The van der Waals surface area contributed by atoms with Crippen LogP contribution in [0.2, 0.25) is 0 Å². The molecule has 0 aliphatic carbocycles. The van der Waals surface area contributed by atoms with Gasteiger partial charge in [0.25, 0.3) is 0 Å². The summed E-state index contributed by atoms with van der Waals surface area (Å²) in [6.45, 7) is 6.57. The van der Waals surface area contributed by atoms with Gasteiger partial charge in [-0.15, -0.1) is 0 Å². The van der Waals surface area contributed by atoms with Crippen molar-refractivity contribution in [2.45, 2.75) is 38.8 Å². The van der Waals surface area contributed by atoms with E-state index >= 15 is 0 Å². The first-order valence-electron chi connectivity index (χ1n) is 5.71. The van der Waals surface area contributed by atoms with Gasteiger partial charge in [0.1, 0.15) is 0 Å². The van der Waals surface area contributed by atoms with Crippen LogP contribution in [-0.2, 0) is 0 Å². The van der Waals surface area contributed by atoms with Gasteiger partial charge in [-0.2, -0.15) is 20.8 Å². The fraction of sp³-hybridized carbons (Fsp3) is 0.545. The average molecular weight is 293 g/mol. The quantitative estimate of drug-likeness (QED) is 0.639. The molecule has 1 heterocycles. The van der Waals surface area contributed by atoms with Crippen LogP contribution in [0.5, 0.6) is 0 Å². The zero-order valence-electron chi connectivity index (χ0n) is 12.0. The number of nitrogens with zero attached hydrogens (tertiary/aromatic N) is 4. The Kier molecular flexibility index (Phi) is 5.96. The molecule has 1 rings (SSSR count). The van der Waals surface area contributed by atoms with Crippen LogP contribution in [0.15, 0.2) is 24.6 Å². The van der Waals surface area contributed by atoms with Gasteiger partial charge in [-0.3, -0.25) is 15.0 Å². The Morgan fingerprint density at radius 1 is 0.762 bits per heavy atom. The number of hydrogen-bond acceptors (Lipinski definition) is 7. The number of nitriles is 2. The predicted molar refractivity (Wildman–Crippen MR) is 72.5 cm³/mol. The van der Waals surface area contributed by atoms with Crippen molar-refractivity contribution >= 4 is 0 Å². The minimum Gasteiger partial charge on any atom is -0.259 e. The molecular formula is C11H15N7O3. The van der Waals surface area contributed by atoms with E-state index in [9.17, 15) is 14.4 Å². The second-order valence-corrected chi connectivity index (χ2v) is 4.90. The highest BCUT2D eigenvalue weighted by Crippen LogP contribution is 2.13. The molecule has 112 valence electrons. The van der Waals surface area contributed by atoms with E-state index < -0.39 is 28.1 Å². The third-order valence-corrected chi connectivity index (χ3v) is 1.78. The Balaban J connectivity index is 0.000000394. The average Bonchev–Trinajstić information content (AvgIpc) is 2.36. The molecule has 0 atom stereocenters. The molecule has 0 spiro atoms. The van der Waals surface area contributed by atoms with E-state index in [4.69, 9.17) is 10.5 Å². The predicted octanol–water partition coefficient (Wildman–Crippen LogP) is -0.206. The minimum atomic E-state index is -0.839. The van der Waals surface area contributed by atoms with Gasteiger partial charge >= 0.3 is 17.1 Å². The first-order valence-corrected chi connectivity index (χ1v) is 5.71. The van der Waals surface area contributed by atoms with E-state index in [1.165, 1.54) is 0 Å². The summed E-state index contributed by atoms with van der Waals surface area (Å²) < 4.78 is 0. The van der Waals surface area contributed by atoms with Crippen LogP contribution in [0.25, 0.3) is 0 Å². The molecule has 0 bridgehead atoms. The fourth-order valence-electron chi connectivity index (χ4n) is 0.698. The summed E-state index contributed by atoms with van der Waals surface area (Å²) in [6, 6.07) is 3.94. The van der Waals surface area contributed by atoms with E-state index in [1.807, 2.05) is 12.1 Å². The van der Waals surface area contributed by atoms with E-state index in [2.05, 4.69) is 10.2 Å². The zero-order chi connectivity index (χ0) is 16.7. The molecule has 1 aromatic heterocycles. The van der Waals surface area contributed by atoms with Crippen molar-refractivity contribution in [3.8, 4) is 12.1 Å². The van der Waals surface area contributed by atoms with Gasteiger partial charge in [-0.25, -0.2) is 14.4 Å². The number of aromatic amines is 3. The molecule has 1 aromatic rings. The van der Waals surface area contributed by atoms with Gasteiger partial charge in [-0.1, -0.05) is 0 Å². The topological polar surface area (TPSA) is 171 Å². The number of H-pyrrole nitrogens is 3. The summed E-state index contributed by atoms with van der Waals surface area (Å²) in [4.78, 5) is 35.9. The number of rotatable bonds is 2. The summed E-state index contributed by atoms with van der Waals surface area (Å²) in [5, 5.41) is 24.7. The zero-order valence-corrected chi connectivity index (χ0v) is 12.0. The second-order valence-electron chi connectivity index (χ2n) is 4.90. The monoisotopic (exact) mass is 293 g/mol. The van der Waals surface area contributed by atoms with Crippen LogP contribution < -0.4 is 17.1 Å². The maximum Gasteiger partial charge on any atom is 0.330 e. The molecule has 0 fully saturated rings. The fourth-order valence-corrected chi connectivity index (χ4v) is 0.698. The largest absolute Gasteiger partial charge is 0.330 e. The highest BCUT2D eigenvalue weighted by molar-refractivity contribution is 5.03. The number of azo groups is 1. The molecule has 0 radical (unpaired) electrons. The summed E-state index contributed by atoms with van der Waals surface area (Å²) in [5.41, 5.74) is -4.08. The second kappa shape index (κ2) is 6.96. The van der Waals surface area contributed by atoms with E-state index in [0.717, 1.165) is 0 Å². The van der Waals surface area contributed by atoms with Crippen LogP contribution in [0.3, 0.4) is 0 Å². The van der Waals surface area contributed by atoms with Crippen LogP contribution >= 0.6 is 0 Å². The summed E-state index contributed by atoms with van der Waals surface area (Å²) in [7, 11) is 0. The van der Waals surface area contributed by atoms with Crippen molar-refractivity contribution in [2.24, 2.45) is 10.2 Å². The van der Waals surface area contributed by atoms with Gasteiger partial charge in [0.05, 0.1) is 12.1 Å². The van der Waals surface area contributed by atoms with E-state index in [-0.39, 0.29) is 0 Å². The molecule has 0 amide bonds. The third-order valence-electron chi connectivity index (χ3n) is 1.78. The van der Waals surface area contributed by atoms with Crippen LogP contribution in [0, 0.1) is 22.7 Å². The summed E-state index contributed by atoms with van der Waals surface area (Å²) in [6.07, 6.45) is 0. The molecule has 0 aliphatic heterocycles. The Bertz CT molecular complexity index is 645. The minimum absolute atomic E-state index is 0.802. The van der Waals surface area contributed by atoms with Crippen molar-refractivity contribution in [3.63, 3.8) is 0 Å². The molecule has 0 saturated carbocycles. The van der Waals surface area contributed by atoms with Gasteiger partial charge in [0, 0.05) is 0 Å². The molecular weight excluding hydrogens is 278 g/mol. The van der Waals surface area contributed by atoms with E-state index in [0.29, 0.717) is 0 Å². The summed E-state index contributed by atoms with van der Waals surface area (Å²) >= 11 is 0. The SMILES string of the molecule is CC(C)(C#N)/N=N/C(C)(C)C#N.O=c1[nH]c(=O)[nH]c(=O)[nH]1. The van der Waals surface area contributed by atoms with Crippen LogP contribution in [0.1, 0.15) is 27.7 Å². The molecule has 0 saturated heterocycles. The standard InChI is InChI=1S/C8H12N4.C3H3N3O3/c1-7(2,5-9)11-12-8(3,4)6-10;7-1-4-2(8)6-3(9)5-1/h1-4H3;(H3,4,5,6,7,8,9)/b12-11+;. The van der Waals surface area contributed by atoms with Gasteiger partial charge < -0.3 is 0 Å². The van der Waals surface area contributed by atoms with Gasteiger partial charge in [-0.05, 0) is 27.7 Å². The normalized spacial score (nSPS) is 11.1. The van der Waals surface area contributed by atoms with Crippen molar-refractivity contribution in [1.82, 2.24) is 15.0 Å². The van der Waals surface area contributed by atoms with Gasteiger partial charge in [0.15, 0.2) is 11.1 Å². The maximum absolute atomic E-state index is 10.2. The lowest BCUT2D eigenvalue weighted by atomic mass is 10.1. The van der Waals surface area contributed by atoms with Crippen molar-refractivity contribution in [1.29, 1.82) is 10.5 Å². The van der Waals surface area contributed by atoms with Crippen molar-refractivity contribution in [3.05, 3.63) is 31.5 Å². The number of hydrogen-bond donors (Lipinski definition) is 3. The molecule has 0 unspecified atom stereocenters. The Morgan fingerprint density at radius 2 is 1.00 bits per heavy atom. The van der Waals surface area contributed by atoms with E-state index in [1.54, 1.807) is 42.6 Å². The highest BCUT2D eigenvalue weighted by Gasteiger charge is 2.19. The molecule has 0 aromatic carbocycles. The lowest BCUT2D eigenvalue weighted by Crippen LogP contribution is -2.34. The number of aromatic nitrogens is 3. The van der Waals surface area contributed by atoms with Gasteiger partial charge in [0.2, 0.25) is 0 Å². The molecule has 3 N–H and O–H groups in total. The highest BCUT2D eigenvalue weighted by atomic mass is 16.2. The van der Waals surface area contributed by atoms with Crippen molar-refractivity contribution < 1.29 is 0 Å². The third kappa shape index (κ3) is 7.89. The lowest BCUT2D eigenvalue weighted by Gasteiger charge is -2.11. The molecule has 10 heteroatoms. The van der Waals surface area contributed by atoms with Crippen LogP contribution in [-0.4, -0.2) is 26.0 Å². The Hall–Kier alpha value is -3.01. The molecule has 21 heavy (non-hydrogen) atoms. The first kappa shape index (κ1) is 18.0. The molecule has 0 aliphatic rings. The number of nitrogens with one attached hydrogen (secondary N) is 3. The Morgan fingerprint density at radius 3 is 1.19 bits per heavy atom.